The number of amides is 1. The molecule has 5 nitrogen and oxygen atoms in total. The van der Waals surface area contributed by atoms with E-state index in [1.807, 2.05) is 36.4 Å². The van der Waals surface area contributed by atoms with Crippen LogP contribution in [0.5, 0.6) is 0 Å². The Labute approximate surface area is 159 Å². The van der Waals surface area contributed by atoms with Gasteiger partial charge in [-0.1, -0.05) is 36.4 Å². The first kappa shape index (κ1) is 17.8. The van der Waals surface area contributed by atoms with E-state index < -0.39 is 23.6 Å². The minimum atomic E-state index is -0.955. The van der Waals surface area contributed by atoms with Gasteiger partial charge in [-0.2, -0.15) is 5.10 Å². The molecule has 0 aliphatic carbocycles. The number of nitrogens with zero attached hydrogens (tertiary/aromatic N) is 3. The first-order valence-electron chi connectivity index (χ1n) is 8.68. The third kappa shape index (κ3) is 3.22. The SMILES string of the molecule is CC(NC(=O)c1cnn2c(-c3ccccc3)ccnc12)c1ccc(F)c(F)c1. The van der Waals surface area contributed by atoms with Gasteiger partial charge in [-0.3, -0.25) is 4.79 Å². The van der Waals surface area contributed by atoms with Crippen LogP contribution in [0.25, 0.3) is 16.9 Å². The highest BCUT2D eigenvalue weighted by Gasteiger charge is 2.19. The summed E-state index contributed by atoms with van der Waals surface area (Å²) in [5.41, 5.74) is 2.92. The number of nitrogens with one attached hydrogen (secondary N) is 1. The third-order valence-electron chi connectivity index (χ3n) is 4.51. The Morgan fingerprint density at radius 2 is 1.86 bits per heavy atom. The molecule has 0 saturated carbocycles. The lowest BCUT2D eigenvalue weighted by atomic mass is 10.1. The number of hydrogen-bond donors (Lipinski definition) is 1. The van der Waals surface area contributed by atoms with Crippen LogP contribution in [0.3, 0.4) is 0 Å². The Balaban J connectivity index is 1.64. The fraction of sp³-hybridized carbons (Fsp3) is 0.0952. The van der Waals surface area contributed by atoms with Gasteiger partial charge in [0.25, 0.3) is 5.91 Å². The molecule has 28 heavy (non-hydrogen) atoms. The maximum absolute atomic E-state index is 13.5. The number of benzene rings is 2. The van der Waals surface area contributed by atoms with E-state index in [4.69, 9.17) is 0 Å². The van der Waals surface area contributed by atoms with Crippen molar-refractivity contribution >= 4 is 11.6 Å². The van der Waals surface area contributed by atoms with Gasteiger partial charge in [0.1, 0.15) is 5.56 Å². The van der Waals surface area contributed by atoms with Gasteiger partial charge in [0.2, 0.25) is 0 Å². The predicted octanol–water partition coefficient (Wildman–Crippen LogP) is 4.17. The summed E-state index contributed by atoms with van der Waals surface area (Å²) in [7, 11) is 0. The monoisotopic (exact) mass is 378 g/mol. The molecule has 7 heteroatoms. The van der Waals surface area contributed by atoms with Crippen LogP contribution in [0.2, 0.25) is 0 Å². The number of aromatic nitrogens is 3. The number of rotatable bonds is 4. The summed E-state index contributed by atoms with van der Waals surface area (Å²) in [6.45, 7) is 1.69. The van der Waals surface area contributed by atoms with Gasteiger partial charge in [-0.05, 0) is 30.7 Å². The van der Waals surface area contributed by atoms with Crippen LogP contribution in [0.1, 0.15) is 28.9 Å². The highest BCUT2D eigenvalue weighted by molar-refractivity contribution is 6.00. The van der Waals surface area contributed by atoms with Crippen LogP contribution in [0.15, 0.2) is 67.0 Å². The van der Waals surface area contributed by atoms with E-state index in [2.05, 4.69) is 15.4 Å². The molecule has 0 fully saturated rings. The Morgan fingerprint density at radius 3 is 2.61 bits per heavy atom. The van der Waals surface area contributed by atoms with E-state index in [1.54, 1.807) is 17.6 Å². The molecule has 1 N–H and O–H groups in total. The Hall–Kier alpha value is -3.61. The van der Waals surface area contributed by atoms with E-state index in [0.29, 0.717) is 16.8 Å². The number of hydrogen-bond acceptors (Lipinski definition) is 3. The third-order valence-corrected chi connectivity index (χ3v) is 4.51. The van der Waals surface area contributed by atoms with Crippen molar-refractivity contribution in [2.45, 2.75) is 13.0 Å². The van der Waals surface area contributed by atoms with Crippen LogP contribution in [0.4, 0.5) is 8.78 Å². The summed E-state index contributed by atoms with van der Waals surface area (Å²) in [4.78, 5) is 17.0. The topological polar surface area (TPSA) is 59.3 Å². The lowest BCUT2D eigenvalue weighted by Crippen LogP contribution is -2.26. The zero-order valence-electron chi connectivity index (χ0n) is 14.9. The highest BCUT2D eigenvalue weighted by atomic mass is 19.2. The van der Waals surface area contributed by atoms with E-state index in [9.17, 15) is 13.6 Å². The molecule has 0 saturated heterocycles. The normalized spacial score (nSPS) is 12.1. The number of halogens is 2. The van der Waals surface area contributed by atoms with Crippen molar-refractivity contribution in [2.24, 2.45) is 0 Å². The second kappa shape index (κ2) is 7.19. The fourth-order valence-corrected chi connectivity index (χ4v) is 3.02. The lowest BCUT2D eigenvalue weighted by molar-refractivity contribution is 0.0941. The molecule has 2 aromatic heterocycles. The minimum Gasteiger partial charge on any atom is -0.345 e. The van der Waals surface area contributed by atoms with Crippen molar-refractivity contribution in [1.29, 1.82) is 0 Å². The fourth-order valence-electron chi connectivity index (χ4n) is 3.02. The van der Waals surface area contributed by atoms with Crippen LogP contribution in [0, 0.1) is 11.6 Å². The molecule has 140 valence electrons. The van der Waals surface area contributed by atoms with Gasteiger partial charge < -0.3 is 5.32 Å². The summed E-state index contributed by atoms with van der Waals surface area (Å²) >= 11 is 0. The first-order valence-corrected chi connectivity index (χ1v) is 8.68. The molecule has 1 amide bonds. The van der Waals surface area contributed by atoms with Crippen LogP contribution < -0.4 is 5.32 Å². The van der Waals surface area contributed by atoms with E-state index in [-0.39, 0.29) is 0 Å². The molecule has 4 rings (SSSR count). The van der Waals surface area contributed by atoms with E-state index in [1.165, 1.54) is 12.3 Å². The Morgan fingerprint density at radius 1 is 1.07 bits per heavy atom. The maximum Gasteiger partial charge on any atom is 0.257 e. The Kier molecular flexibility index (Phi) is 4.57. The van der Waals surface area contributed by atoms with Gasteiger partial charge in [-0.25, -0.2) is 18.3 Å². The van der Waals surface area contributed by atoms with Gasteiger partial charge in [-0.15, -0.1) is 0 Å². The molecule has 2 aromatic carbocycles. The van der Waals surface area contributed by atoms with Crippen molar-refractivity contribution in [3.05, 3.63) is 89.8 Å². The van der Waals surface area contributed by atoms with Crippen LogP contribution in [-0.2, 0) is 0 Å². The molecule has 0 aliphatic rings. The Bertz CT molecular complexity index is 1160. The summed E-state index contributed by atoms with van der Waals surface area (Å²) < 4.78 is 28.2. The summed E-state index contributed by atoms with van der Waals surface area (Å²) in [5, 5.41) is 7.08. The second-order valence-corrected chi connectivity index (χ2v) is 6.36. The number of carbonyl (C=O) groups is 1. The number of carbonyl (C=O) groups excluding carboxylic acids is 1. The average molecular weight is 378 g/mol. The molecule has 2 heterocycles. The van der Waals surface area contributed by atoms with E-state index >= 15 is 0 Å². The molecule has 0 radical (unpaired) electrons. The standard InChI is InChI=1S/C21H16F2N4O/c1-13(15-7-8-17(22)18(23)11-15)26-21(28)16-12-25-27-19(9-10-24-20(16)27)14-5-3-2-4-6-14/h2-13H,1H3,(H,26,28). The quantitative estimate of drug-likeness (QED) is 0.580. The average Bonchev–Trinajstić information content (AvgIpc) is 3.15. The second-order valence-electron chi connectivity index (χ2n) is 6.36. The maximum atomic E-state index is 13.5. The largest absolute Gasteiger partial charge is 0.345 e. The zero-order chi connectivity index (χ0) is 19.7. The minimum absolute atomic E-state index is 0.298. The number of fused-ring (bicyclic) bond motifs is 1. The molecule has 4 aromatic rings. The van der Waals surface area contributed by atoms with E-state index in [0.717, 1.165) is 23.4 Å². The summed E-state index contributed by atoms with van der Waals surface area (Å²) in [6, 6.07) is 14.5. The molecule has 0 aliphatic heterocycles. The van der Waals surface area contributed by atoms with Crippen molar-refractivity contribution in [3.8, 4) is 11.3 Å². The van der Waals surface area contributed by atoms with Gasteiger partial charge in [0, 0.05) is 11.8 Å². The predicted molar refractivity (Wildman–Crippen MR) is 101 cm³/mol. The molecular weight excluding hydrogens is 362 g/mol. The van der Waals surface area contributed by atoms with Crippen molar-refractivity contribution < 1.29 is 13.6 Å². The molecule has 0 bridgehead atoms. The molecule has 1 unspecified atom stereocenters. The zero-order valence-corrected chi connectivity index (χ0v) is 14.9. The summed E-state index contributed by atoms with van der Waals surface area (Å²) in [6.07, 6.45) is 3.07. The van der Waals surface area contributed by atoms with Crippen molar-refractivity contribution in [1.82, 2.24) is 19.9 Å². The summed E-state index contributed by atoms with van der Waals surface area (Å²) in [5.74, 6) is -2.28. The smallest absolute Gasteiger partial charge is 0.257 e. The van der Waals surface area contributed by atoms with Gasteiger partial charge >= 0.3 is 0 Å². The molecule has 1 atom stereocenters. The van der Waals surface area contributed by atoms with Gasteiger partial charge in [0.05, 0.1) is 17.9 Å². The first-order chi connectivity index (χ1) is 13.5. The van der Waals surface area contributed by atoms with Gasteiger partial charge in [0.15, 0.2) is 17.3 Å². The highest BCUT2D eigenvalue weighted by Crippen LogP contribution is 2.21. The lowest BCUT2D eigenvalue weighted by Gasteiger charge is -2.14. The van der Waals surface area contributed by atoms with Crippen molar-refractivity contribution in [3.63, 3.8) is 0 Å². The van der Waals surface area contributed by atoms with Crippen LogP contribution >= 0.6 is 0 Å². The van der Waals surface area contributed by atoms with Crippen LogP contribution in [-0.4, -0.2) is 20.5 Å². The molecular formula is C21H16F2N4O. The van der Waals surface area contributed by atoms with Crippen molar-refractivity contribution in [2.75, 3.05) is 0 Å². The molecule has 0 spiro atoms.